The highest BCUT2D eigenvalue weighted by molar-refractivity contribution is 5.22. The Labute approximate surface area is 116 Å². The molecule has 3 nitrogen and oxygen atoms in total. The molecule has 0 aliphatic carbocycles. The number of hydrogen-bond acceptors (Lipinski definition) is 3. The molecule has 1 saturated heterocycles. The minimum absolute atomic E-state index is 0.688. The zero-order valence-corrected chi connectivity index (χ0v) is 12.2. The first-order valence-electron chi connectivity index (χ1n) is 7.34. The Morgan fingerprint density at radius 1 is 1.26 bits per heavy atom. The molecular formula is C16H26N2O. The molecule has 1 fully saturated rings. The van der Waals surface area contributed by atoms with E-state index in [1.165, 1.54) is 30.5 Å². The molecule has 19 heavy (non-hydrogen) atoms. The Kier molecular flexibility index (Phi) is 5.83. The van der Waals surface area contributed by atoms with Gasteiger partial charge in [0.2, 0.25) is 0 Å². The first kappa shape index (κ1) is 14.5. The van der Waals surface area contributed by atoms with Gasteiger partial charge < -0.3 is 10.1 Å². The van der Waals surface area contributed by atoms with Gasteiger partial charge in [-0.25, -0.2) is 0 Å². The number of likely N-dealkylation sites (N-methyl/N-ethyl adjacent to an activating group) is 1. The van der Waals surface area contributed by atoms with E-state index in [0.29, 0.717) is 12.6 Å². The maximum Gasteiger partial charge on any atom is 0.0713 e. The van der Waals surface area contributed by atoms with Gasteiger partial charge in [0.1, 0.15) is 0 Å². The van der Waals surface area contributed by atoms with Crippen LogP contribution >= 0.6 is 0 Å². The molecule has 1 atom stereocenters. The molecule has 0 radical (unpaired) electrons. The van der Waals surface area contributed by atoms with Crippen molar-refractivity contribution in [3.05, 3.63) is 35.4 Å². The first-order chi connectivity index (χ1) is 9.31. The molecule has 0 aromatic heterocycles. The fourth-order valence-electron chi connectivity index (χ4n) is 2.70. The second-order valence-corrected chi connectivity index (χ2v) is 5.37. The first-order valence-corrected chi connectivity index (χ1v) is 7.34. The smallest absolute Gasteiger partial charge is 0.0713 e. The van der Waals surface area contributed by atoms with E-state index in [9.17, 15) is 0 Å². The second-order valence-electron chi connectivity index (χ2n) is 5.37. The molecule has 0 amide bonds. The average Bonchev–Trinajstić information content (AvgIpc) is 2.93. The summed E-state index contributed by atoms with van der Waals surface area (Å²) in [6.07, 6.45) is 2.65. The zero-order valence-electron chi connectivity index (χ0n) is 12.2. The van der Waals surface area contributed by atoms with Crippen LogP contribution in [0.25, 0.3) is 0 Å². The molecule has 0 bridgehead atoms. The third kappa shape index (κ3) is 4.60. The lowest BCUT2D eigenvalue weighted by atomic mass is 10.1. The number of nitrogens with one attached hydrogen (secondary N) is 1. The summed E-state index contributed by atoms with van der Waals surface area (Å²) in [5.41, 5.74) is 2.63. The number of nitrogens with zero attached hydrogens (tertiary/aromatic N) is 1. The van der Waals surface area contributed by atoms with Crippen molar-refractivity contribution >= 4 is 0 Å². The monoisotopic (exact) mass is 262 g/mol. The maximum absolute atomic E-state index is 5.14. The van der Waals surface area contributed by atoms with E-state index in [1.54, 1.807) is 7.11 Å². The van der Waals surface area contributed by atoms with Gasteiger partial charge in [0.15, 0.2) is 0 Å². The Morgan fingerprint density at radius 3 is 2.58 bits per heavy atom. The average molecular weight is 262 g/mol. The van der Waals surface area contributed by atoms with Crippen molar-refractivity contribution in [3.8, 4) is 0 Å². The number of hydrogen-bond donors (Lipinski definition) is 1. The van der Waals surface area contributed by atoms with Crippen LogP contribution in [0.4, 0.5) is 0 Å². The van der Waals surface area contributed by atoms with Crippen molar-refractivity contribution in [1.29, 1.82) is 0 Å². The van der Waals surface area contributed by atoms with E-state index in [4.69, 9.17) is 4.74 Å². The van der Waals surface area contributed by atoms with Gasteiger partial charge in [0.05, 0.1) is 6.61 Å². The summed E-state index contributed by atoms with van der Waals surface area (Å²) in [4.78, 5) is 2.52. The van der Waals surface area contributed by atoms with Gasteiger partial charge in [-0.05, 0) is 37.1 Å². The Bertz CT molecular complexity index is 358. The fourth-order valence-corrected chi connectivity index (χ4v) is 2.70. The Hall–Kier alpha value is -0.900. The number of rotatable bonds is 7. The second kappa shape index (κ2) is 7.63. The minimum Gasteiger partial charge on any atom is -0.380 e. The quantitative estimate of drug-likeness (QED) is 0.816. The van der Waals surface area contributed by atoms with Crippen molar-refractivity contribution in [2.24, 2.45) is 0 Å². The van der Waals surface area contributed by atoms with E-state index in [-0.39, 0.29) is 0 Å². The van der Waals surface area contributed by atoms with Gasteiger partial charge in [0.25, 0.3) is 0 Å². The number of benzene rings is 1. The van der Waals surface area contributed by atoms with Gasteiger partial charge in [-0.2, -0.15) is 0 Å². The Balaban J connectivity index is 1.86. The normalized spacial score (nSPS) is 19.2. The largest absolute Gasteiger partial charge is 0.380 e. The highest BCUT2D eigenvalue weighted by atomic mass is 16.5. The lowest BCUT2D eigenvalue weighted by Gasteiger charge is -2.24. The lowest BCUT2D eigenvalue weighted by Crippen LogP contribution is -2.37. The zero-order chi connectivity index (χ0) is 13.5. The van der Waals surface area contributed by atoms with Gasteiger partial charge in [-0.15, -0.1) is 0 Å². The van der Waals surface area contributed by atoms with Crippen molar-refractivity contribution < 1.29 is 4.74 Å². The molecule has 1 aliphatic rings. The van der Waals surface area contributed by atoms with Crippen LogP contribution < -0.4 is 5.32 Å². The van der Waals surface area contributed by atoms with Gasteiger partial charge in [-0.3, -0.25) is 4.90 Å². The van der Waals surface area contributed by atoms with E-state index < -0.39 is 0 Å². The molecule has 1 N–H and O–H groups in total. The molecule has 1 aromatic rings. The van der Waals surface area contributed by atoms with Crippen LogP contribution in [0.15, 0.2) is 24.3 Å². The SMILES string of the molecule is CCN(Cc1ccc(COC)cc1)CC1CCCN1. The van der Waals surface area contributed by atoms with E-state index in [1.807, 2.05) is 0 Å². The summed E-state index contributed by atoms with van der Waals surface area (Å²) >= 11 is 0. The number of methoxy groups -OCH3 is 1. The van der Waals surface area contributed by atoms with Gasteiger partial charge in [-0.1, -0.05) is 31.2 Å². The third-order valence-electron chi connectivity index (χ3n) is 3.83. The topological polar surface area (TPSA) is 24.5 Å². The van der Waals surface area contributed by atoms with Crippen molar-refractivity contribution in [2.75, 3.05) is 26.7 Å². The van der Waals surface area contributed by atoms with E-state index in [0.717, 1.165) is 19.6 Å². The minimum atomic E-state index is 0.688. The van der Waals surface area contributed by atoms with Crippen LogP contribution in [-0.4, -0.2) is 37.7 Å². The van der Waals surface area contributed by atoms with Gasteiger partial charge >= 0.3 is 0 Å². The molecule has 3 heteroatoms. The highest BCUT2D eigenvalue weighted by Crippen LogP contribution is 2.11. The maximum atomic E-state index is 5.14. The fraction of sp³-hybridized carbons (Fsp3) is 0.625. The molecule has 1 aliphatic heterocycles. The molecule has 2 rings (SSSR count). The summed E-state index contributed by atoms with van der Waals surface area (Å²) < 4.78 is 5.14. The summed E-state index contributed by atoms with van der Waals surface area (Å²) in [7, 11) is 1.74. The van der Waals surface area contributed by atoms with Crippen LogP contribution in [-0.2, 0) is 17.9 Å². The highest BCUT2D eigenvalue weighted by Gasteiger charge is 2.16. The molecular weight excluding hydrogens is 236 g/mol. The molecule has 106 valence electrons. The van der Waals surface area contributed by atoms with Crippen LogP contribution in [0.1, 0.15) is 30.9 Å². The molecule has 0 saturated carbocycles. The van der Waals surface area contributed by atoms with Crippen LogP contribution in [0, 0.1) is 0 Å². The molecule has 0 spiro atoms. The summed E-state index contributed by atoms with van der Waals surface area (Å²) in [5.74, 6) is 0. The summed E-state index contributed by atoms with van der Waals surface area (Å²) in [5, 5.41) is 3.57. The predicted octanol–water partition coefficient (Wildman–Crippen LogP) is 2.41. The van der Waals surface area contributed by atoms with Crippen molar-refractivity contribution in [3.63, 3.8) is 0 Å². The standard InChI is InChI=1S/C16H26N2O/c1-3-18(12-16-5-4-10-17-16)11-14-6-8-15(9-7-14)13-19-2/h6-9,16-17H,3-5,10-13H2,1-2H3. The van der Waals surface area contributed by atoms with Crippen molar-refractivity contribution in [2.45, 2.75) is 39.0 Å². The van der Waals surface area contributed by atoms with Crippen molar-refractivity contribution in [1.82, 2.24) is 10.2 Å². The molecule has 1 unspecified atom stereocenters. The molecule has 1 aromatic carbocycles. The van der Waals surface area contributed by atoms with Crippen LogP contribution in [0.3, 0.4) is 0 Å². The van der Waals surface area contributed by atoms with Gasteiger partial charge in [0, 0.05) is 26.2 Å². The van der Waals surface area contributed by atoms with Crippen LogP contribution in [0.5, 0.6) is 0 Å². The predicted molar refractivity (Wildman–Crippen MR) is 79.1 cm³/mol. The van der Waals surface area contributed by atoms with E-state index in [2.05, 4.69) is 41.4 Å². The van der Waals surface area contributed by atoms with E-state index >= 15 is 0 Å². The van der Waals surface area contributed by atoms with Crippen LogP contribution in [0.2, 0.25) is 0 Å². The number of ether oxygens (including phenoxy) is 1. The lowest BCUT2D eigenvalue weighted by molar-refractivity contribution is 0.185. The third-order valence-corrected chi connectivity index (χ3v) is 3.83. The summed E-state index contributed by atoms with van der Waals surface area (Å²) in [6, 6.07) is 9.46. The summed E-state index contributed by atoms with van der Waals surface area (Å²) in [6.45, 7) is 7.45. The Morgan fingerprint density at radius 2 is 2.00 bits per heavy atom. The molecule has 1 heterocycles.